The number of fused-ring (bicyclic) bond motifs is 8. The number of thiazole rings is 1. The first kappa shape index (κ1) is 33.6. The molecule has 0 saturated carbocycles. The van der Waals surface area contributed by atoms with E-state index in [0.29, 0.717) is 0 Å². The average Bonchev–Trinajstić information content (AvgIpc) is 3.89. The largest absolute Gasteiger partial charge is 0.456 e. The Bertz CT molecular complexity index is 3570. The van der Waals surface area contributed by atoms with Crippen LogP contribution in [0.25, 0.3) is 97.3 Å². The van der Waals surface area contributed by atoms with Crippen LogP contribution in [0.2, 0.25) is 0 Å². The number of anilines is 3. The predicted octanol–water partition coefficient (Wildman–Crippen LogP) is 16.1. The van der Waals surface area contributed by atoms with Crippen LogP contribution in [-0.4, -0.2) is 4.98 Å². The molecule has 0 amide bonds. The Morgan fingerprint density at radius 1 is 0.407 bits per heavy atom. The molecule has 0 N–H and O–H groups in total. The van der Waals surface area contributed by atoms with Gasteiger partial charge in [-0.05, 0) is 109 Å². The Hall–Kier alpha value is -7.53. The molecule has 2 heterocycles. The molecular weight excluding hydrogens is 737 g/mol. The zero-order valence-corrected chi connectivity index (χ0v) is 32.7. The molecule has 0 saturated heterocycles. The van der Waals surface area contributed by atoms with Crippen LogP contribution in [0, 0.1) is 0 Å². The lowest BCUT2D eigenvalue weighted by Crippen LogP contribution is -2.10. The van der Waals surface area contributed by atoms with Crippen molar-refractivity contribution in [2.24, 2.45) is 0 Å². The van der Waals surface area contributed by atoms with E-state index in [1.807, 2.05) is 6.07 Å². The average molecular weight is 771 g/mol. The summed E-state index contributed by atoms with van der Waals surface area (Å²) in [6, 6.07) is 74.2. The topological polar surface area (TPSA) is 29.3 Å². The second-order valence-electron chi connectivity index (χ2n) is 15.1. The number of aromatic nitrogens is 1. The number of rotatable bonds is 6. The second-order valence-corrected chi connectivity index (χ2v) is 16.2. The van der Waals surface area contributed by atoms with Gasteiger partial charge >= 0.3 is 0 Å². The summed E-state index contributed by atoms with van der Waals surface area (Å²) in [5.74, 6) is 0. The summed E-state index contributed by atoms with van der Waals surface area (Å²) in [7, 11) is 0. The first-order chi connectivity index (χ1) is 29.2. The van der Waals surface area contributed by atoms with E-state index in [4.69, 9.17) is 9.40 Å². The van der Waals surface area contributed by atoms with Gasteiger partial charge in [0.2, 0.25) is 0 Å². The van der Waals surface area contributed by atoms with E-state index in [0.717, 1.165) is 65.4 Å². The summed E-state index contributed by atoms with van der Waals surface area (Å²) in [5, 5.41) is 10.6. The van der Waals surface area contributed by atoms with E-state index in [-0.39, 0.29) is 0 Å². The van der Waals surface area contributed by atoms with Crippen LogP contribution in [0.1, 0.15) is 0 Å². The van der Waals surface area contributed by atoms with Crippen molar-refractivity contribution >= 4 is 92.9 Å². The molecule has 0 fully saturated rings. The van der Waals surface area contributed by atoms with Crippen molar-refractivity contribution in [3.05, 3.63) is 206 Å². The van der Waals surface area contributed by atoms with E-state index in [9.17, 15) is 0 Å². The van der Waals surface area contributed by atoms with Crippen molar-refractivity contribution in [3.8, 4) is 32.8 Å². The summed E-state index contributed by atoms with van der Waals surface area (Å²) in [5.41, 5.74) is 11.6. The Kier molecular flexibility index (Phi) is 7.72. The third-order valence-corrected chi connectivity index (χ3v) is 12.7. The van der Waals surface area contributed by atoms with E-state index >= 15 is 0 Å². The fourth-order valence-corrected chi connectivity index (χ4v) is 9.82. The highest BCUT2D eigenvalue weighted by Crippen LogP contribution is 2.46. The van der Waals surface area contributed by atoms with Gasteiger partial charge in [0.1, 0.15) is 16.2 Å². The molecule has 59 heavy (non-hydrogen) atoms. The van der Waals surface area contributed by atoms with Crippen LogP contribution in [0.3, 0.4) is 0 Å². The highest BCUT2D eigenvalue weighted by Gasteiger charge is 2.22. The Balaban J connectivity index is 1.06. The van der Waals surface area contributed by atoms with Gasteiger partial charge in [-0.1, -0.05) is 146 Å². The van der Waals surface area contributed by atoms with Crippen molar-refractivity contribution in [3.63, 3.8) is 0 Å². The lowest BCUT2D eigenvalue weighted by Gasteiger charge is -2.27. The monoisotopic (exact) mass is 770 g/mol. The van der Waals surface area contributed by atoms with Gasteiger partial charge < -0.3 is 9.32 Å². The van der Waals surface area contributed by atoms with Crippen LogP contribution in [0.4, 0.5) is 17.1 Å². The Morgan fingerprint density at radius 3 is 1.98 bits per heavy atom. The van der Waals surface area contributed by atoms with Crippen molar-refractivity contribution in [1.29, 1.82) is 0 Å². The lowest BCUT2D eigenvalue weighted by molar-refractivity contribution is 0.669. The van der Waals surface area contributed by atoms with E-state index < -0.39 is 0 Å². The number of hydrogen-bond donors (Lipinski definition) is 0. The molecule has 0 bridgehead atoms. The van der Waals surface area contributed by atoms with Gasteiger partial charge in [0.05, 0.1) is 21.3 Å². The molecule has 2 aromatic heterocycles. The summed E-state index contributed by atoms with van der Waals surface area (Å²) in [4.78, 5) is 7.42. The standard InChI is InChI=1S/C55H34N2OS/c1-2-13-37(14-3-1)55-56-49-34-52-48(33-53(49)59-55)54-50(22-11-23-51(54)58-52)57(42-28-26-36(27-29-42)39-25-24-35-12-4-5-15-38(35)30-39)43-18-10-17-40(31-43)47-32-41-16-6-7-19-44(41)45-20-8-9-21-46(45)47/h1-34H. The number of furan rings is 1. The SMILES string of the molecule is c1ccc(-c2nc3cc4oc5cccc(N(c6ccc(-c7ccc8ccccc8c7)cc6)c6cccc(-c7cc8ccccc8c8ccccc78)c6)c5c4cc3s2)cc1. The van der Waals surface area contributed by atoms with Gasteiger partial charge in [-0.2, -0.15) is 0 Å². The fraction of sp³-hybridized carbons (Fsp3) is 0. The van der Waals surface area contributed by atoms with E-state index in [1.165, 1.54) is 49.0 Å². The van der Waals surface area contributed by atoms with Crippen molar-refractivity contribution in [2.75, 3.05) is 4.90 Å². The zero-order chi connectivity index (χ0) is 38.9. The number of hydrogen-bond acceptors (Lipinski definition) is 4. The fourth-order valence-electron chi connectivity index (χ4n) is 8.82. The summed E-state index contributed by atoms with van der Waals surface area (Å²) >= 11 is 1.72. The minimum Gasteiger partial charge on any atom is -0.456 e. The Labute approximate surface area is 344 Å². The maximum atomic E-state index is 6.67. The predicted molar refractivity (Wildman–Crippen MR) is 250 cm³/mol. The number of nitrogens with zero attached hydrogens (tertiary/aromatic N) is 2. The highest BCUT2D eigenvalue weighted by molar-refractivity contribution is 7.21. The van der Waals surface area contributed by atoms with Crippen molar-refractivity contribution < 1.29 is 4.42 Å². The van der Waals surface area contributed by atoms with Crippen LogP contribution >= 0.6 is 11.3 Å². The maximum absolute atomic E-state index is 6.67. The van der Waals surface area contributed by atoms with Crippen LogP contribution in [0.15, 0.2) is 211 Å². The van der Waals surface area contributed by atoms with Crippen LogP contribution in [0.5, 0.6) is 0 Å². The molecule has 0 atom stereocenters. The molecular formula is C55H34N2OS. The number of benzene rings is 10. The quantitative estimate of drug-likeness (QED) is 0.158. The molecule has 3 nitrogen and oxygen atoms in total. The molecule has 0 spiro atoms. The normalized spacial score (nSPS) is 11.7. The van der Waals surface area contributed by atoms with Gasteiger partial charge in [0, 0.05) is 28.4 Å². The molecule has 0 aliphatic heterocycles. The van der Waals surface area contributed by atoms with Crippen molar-refractivity contribution in [2.45, 2.75) is 0 Å². The molecule has 12 rings (SSSR count). The van der Waals surface area contributed by atoms with Gasteiger partial charge in [0.15, 0.2) is 0 Å². The van der Waals surface area contributed by atoms with E-state index in [2.05, 4.69) is 205 Å². The molecule has 0 aliphatic rings. The molecule has 0 radical (unpaired) electrons. The zero-order valence-electron chi connectivity index (χ0n) is 31.8. The summed E-state index contributed by atoms with van der Waals surface area (Å²) < 4.78 is 7.80. The van der Waals surface area contributed by atoms with Crippen LogP contribution < -0.4 is 4.90 Å². The summed E-state index contributed by atoms with van der Waals surface area (Å²) in [6.07, 6.45) is 0. The third kappa shape index (κ3) is 5.68. The van der Waals surface area contributed by atoms with Crippen molar-refractivity contribution in [1.82, 2.24) is 4.98 Å². The smallest absolute Gasteiger partial charge is 0.137 e. The van der Waals surface area contributed by atoms with Gasteiger partial charge in [-0.3, -0.25) is 0 Å². The summed E-state index contributed by atoms with van der Waals surface area (Å²) in [6.45, 7) is 0. The molecule has 0 aliphatic carbocycles. The molecule has 12 aromatic rings. The first-order valence-corrected chi connectivity index (χ1v) is 20.8. The molecule has 276 valence electrons. The second kappa shape index (κ2) is 13.6. The molecule has 10 aromatic carbocycles. The molecule has 0 unspecified atom stereocenters. The minimum absolute atomic E-state index is 0.827. The van der Waals surface area contributed by atoms with E-state index in [1.54, 1.807) is 11.3 Å². The van der Waals surface area contributed by atoms with Crippen LogP contribution in [-0.2, 0) is 0 Å². The maximum Gasteiger partial charge on any atom is 0.137 e. The Morgan fingerprint density at radius 2 is 1.12 bits per heavy atom. The third-order valence-electron chi connectivity index (χ3n) is 11.6. The van der Waals surface area contributed by atoms with Gasteiger partial charge in [0.25, 0.3) is 0 Å². The minimum atomic E-state index is 0.827. The van der Waals surface area contributed by atoms with Gasteiger partial charge in [-0.25, -0.2) is 4.98 Å². The lowest BCUT2D eigenvalue weighted by atomic mass is 9.93. The van der Waals surface area contributed by atoms with Gasteiger partial charge in [-0.15, -0.1) is 11.3 Å². The first-order valence-electron chi connectivity index (χ1n) is 19.9. The highest BCUT2D eigenvalue weighted by atomic mass is 32.1. The molecule has 4 heteroatoms.